The monoisotopic (exact) mass is 265 g/mol. The molecule has 0 spiro atoms. The molecule has 0 bridgehead atoms. The molecule has 1 aliphatic rings. The Labute approximate surface area is 119 Å². The van der Waals surface area contributed by atoms with Crippen LogP contribution in [-0.4, -0.2) is 9.78 Å². The molecule has 0 amide bonds. The second-order valence-electron chi connectivity index (χ2n) is 5.60. The molecule has 1 heterocycles. The first kappa shape index (κ1) is 12.9. The summed E-state index contributed by atoms with van der Waals surface area (Å²) in [7, 11) is 0. The highest BCUT2D eigenvalue weighted by Crippen LogP contribution is 2.32. The van der Waals surface area contributed by atoms with Crippen molar-refractivity contribution in [2.45, 2.75) is 38.6 Å². The van der Waals surface area contributed by atoms with Crippen molar-refractivity contribution in [3.05, 3.63) is 53.3 Å². The van der Waals surface area contributed by atoms with Crippen molar-refractivity contribution in [3.8, 4) is 6.07 Å². The normalized spacial score (nSPS) is 15.8. The molecule has 1 saturated carbocycles. The average Bonchev–Trinajstić information content (AvgIpc) is 3.18. The summed E-state index contributed by atoms with van der Waals surface area (Å²) in [5, 5.41) is 13.8. The van der Waals surface area contributed by atoms with Gasteiger partial charge in [-0.25, -0.2) is 0 Å². The van der Waals surface area contributed by atoms with Crippen molar-refractivity contribution in [3.63, 3.8) is 0 Å². The van der Waals surface area contributed by atoms with Crippen LogP contribution in [0.3, 0.4) is 0 Å². The smallest absolute Gasteiger partial charge is 0.0994 e. The van der Waals surface area contributed by atoms with Gasteiger partial charge >= 0.3 is 0 Å². The number of aromatic nitrogens is 2. The third-order valence-corrected chi connectivity index (χ3v) is 4.06. The fourth-order valence-corrected chi connectivity index (χ4v) is 2.76. The van der Waals surface area contributed by atoms with Crippen LogP contribution >= 0.6 is 0 Å². The Balaban J connectivity index is 1.88. The van der Waals surface area contributed by atoms with E-state index in [1.165, 1.54) is 18.4 Å². The van der Waals surface area contributed by atoms with E-state index in [9.17, 15) is 5.26 Å². The van der Waals surface area contributed by atoms with Crippen molar-refractivity contribution < 1.29 is 0 Å². The molecule has 20 heavy (non-hydrogen) atoms. The molecule has 1 atom stereocenters. The van der Waals surface area contributed by atoms with E-state index in [2.05, 4.69) is 35.0 Å². The number of benzene rings is 1. The van der Waals surface area contributed by atoms with E-state index >= 15 is 0 Å². The Morgan fingerprint density at radius 3 is 2.90 bits per heavy atom. The molecular formula is C17H19N3. The summed E-state index contributed by atoms with van der Waals surface area (Å²) < 4.78 is 2.06. The SMILES string of the molecule is CC[C@@H](c1cnn(CC2CC2)c1)c1ccccc1C#N. The van der Waals surface area contributed by atoms with Crippen LogP contribution in [0, 0.1) is 17.2 Å². The molecule has 2 aromatic rings. The standard InChI is InChI=1S/C17H19N3/c1-2-16(17-6-4-3-5-14(17)9-18)15-10-19-20(12-15)11-13-7-8-13/h3-6,10,12-13,16H,2,7-8,11H2,1H3/t16-/m0/s1. The zero-order chi connectivity index (χ0) is 13.9. The molecule has 0 aliphatic heterocycles. The predicted molar refractivity (Wildman–Crippen MR) is 78.2 cm³/mol. The second-order valence-corrected chi connectivity index (χ2v) is 5.60. The summed E-state index contributed by atoms with van der Waals surface area (Å²) in [5.74, 6) is 1.09. The van der Waals surface area contributed by atoms with Crippen molar-refractivity contribution >= 4 is 0 Å². The lowest BCUT2D eigenvalue weighted by molar-refractivity contribution is 0.562. The summed E-state index contributed by atoms with van der Waals surface area (Å²) in [6, 6.07) is 10.2. The van der Waals surface area contributed by atoms with E-state index in [-0.39, 0.29) is 5.92 Å². The summed E-state index contributed by atoms with van der Waals surface area (Å²) >= 11 is 0. The van der Waals surface area contributed by atoms with Crippen LogP contribution < -0.4 is 0 Å². The first-order chi connectivity index (χ1) is 9.81. The van der Waals surface area contributed by atoms with Crippen molar-refractivity contribution in [1.29, 1.82) is 5.26 Å². The van der Waals surface area contributed by atoms with Crippen molar-refractivity contribution in [2.75, 3.05) is 0 Å². The lowest BCUT2D eigenvalue weighted by atomic mass is 9.88. The highest BCUT2D eigenvalue weighted by Gasteiger charge is 2.23. The molecule has 0 unspecified atom stereocenters. The number of nitriles is 1. The van der Waals surface area contributed by atoms with Gasteiger partial charge in [-0.3, -0.25) is 4.68 Å². The number of rotatable bonds is 5. The van der Waals surface area contributed by atoms with E-state index in [0.29, 0.717) is 0 Å². The molecular weight excluding hydrogens is 246 g/mol. The highest BCUT2D eigenvalue weighted by molar-refractivity contribution is 5.43. The molecule has 1 aromatic carbocycles. The lowest BCUT2D eigenvalue weighted by Crippen LogP contribution is -2.02. The third-order valence-electron chi connectivity index (χ3n) is 4.06. The predicted octanol–water partition coefficient (Wildman–Crippen LogP) is 3.71. The molecule has 0 N–H and O–H groups in total. The molecule has 102 valence electrons. The molecule has 3 nitrogen and oxygen atoms in total. The Morgan fingerprint density at radius 1 is 1.40 bits per heavy atom. The van der Waals surface area contributed by atoms with E-state index in [1.807, 2.05) is 24.4 Å². The van der Waals surface area contributed by atoms with Crippen LogP contribution in [0.15, 0.2) is 36.7 Å². The van der Waals surface area contributed by atoms with E-state index < -0.39 is 0 Å². The van der Waals surface area contributed by atoms with Gasteiger partial charge in [0, 0.05) is 18.7 Å². The number of hydrogen-bond donors (Lipinski definition) is 0. The first-order valence-corrected chi connectivity index (χ1v) is 7.33. The maximum Gasteiger partial charge on any atom is 0.0994 e. The van der Waals surface area contributed by atoms with E-state index in [4.69, 9.17) is 0 Å². The summed E-state index contributed by atoms with van der Waals surface area (Å²) in [4.78, 5) is 0. The van der Waals surface area contributed by atoms with Gasteiger partial charge in [0.25, 0.3) is 0 Å². The topological polar surface area (TPSA) is 41.6 Å². The Kier molecular flexibility index (Phi) is 3.56. The summed E-state index contributed by atoms with van der Waals surface area (Å²) in [6.07, 6.45) is 7.77. The fourth-order valence-electron chi connectivity index (χ4n) is 2.76. The Hall–Kier alpha value is -2.08. The Morgan fingerprint density at radius 2 is 2.20 bits per heavy atom. The van der Waals surface area contributed by atoms with E-state index in [0.717, 1.165) is 30.0 Å². The van der Waals surface area contributed by atoms with Gasteiger partial charge in [0.2, 0.25) is 0 Å². The first-order valence-electron chi connectivity index (χ1n) is 7.33. The fraction of sp³-hybridized carbons (Fsp3) is 0.412. The molecule has 0 saturated heterocycles. The largest absolute Gasteiger partial charge is 0.272 e. The highest BCUT2D eigenvalue weighted by atomic mass is 15.3. The van der Waals surface area contributed by atoms with Gasteiger partial charge in [-0.1, -0.05) is 25.1 Å². The van der Waals surface area contributed by atoms with Gasteiger partial charge < -0.3 is 0 Å². The molecule has 0 radical (unpaired) electrons. The van der Waals surface area contributed by atoms with Crippen LogP contribution in [0.1, 0.15) is 48.8 Å². The van der Waals surface area contributed by atoms with Crippen molar-refractivity contribution in [2.24, 2.45) is 5.92 Å². The summed E-state index contributed by atoms with van der Waals surface area (Å²) in [6.45, 7) is 3.20. The number of nitrogens with zero attached hydrogens (tertiary/aromatic N) is 3. The maximum atomic E-state index is 9.27. The third kappa shape index (κ3) is 2.60. The average molecular weight is 265 g/mol. The van der Waals surface area contributed by atoms with Crippen LogP contribution in [0.2, 0.25) is 0 Å². The van der Waals surface area contributed by atoms with Gasteiger partial charge in [0.1, 0.15) is 0 Å². The Bertz CT molecular complexity index is 632. The van der Waals surface area contributed by atoms with Gasteiger partial charge in [0.15, 0.2) is 0 Å². The van der Waals surface area contributed by atoms with Crippen LogP contribution in [0.4, 0.5) is 0 Å². The molecule has 3 rings (SSSR count). The van der Waals surface area contributed by atoms with Crippen LogP contribution in [0.25, 0.3) is 0 Å². The number of hydrogen-bond acceptors (Lipinski definition) is 2. The quantitative estimate of drug-likeness (QED) is 0.827. The molecule has 1 aromatic heterocycles. The minimum absolute atomic E-state index is 0.263. The zero-order valence-electron chi connectivity index (χ0n) is 11.8. The second kappa shape index (κ2) is 5.50. The van der Waals surface area contributed by atoms with E-state index in [1.54, 1.807) is 0 Å². The van der Waals surface area contributed by atoms with Crippen LogP contribution in [0.5, 0.6) is 0 Å². The minimum Gasteiger partial charge on any atom is -0.272 e. The lowest BCUT2D eigenvalue weighted by Gasteiger charge is -2.14. The molecule has 1 aliphatic carbocycles. The maximum absolute atomic E-state index is 9.27. The van der Waals surface area contributed by atoms with Gasteiger partial charge in [-0.05, 0) is 42.4 Å². The van der Waals surface area contributed by atoms with Crippen LogP contribution in [-0.2, 0) is 6.54 Å². The zero-order valence-corrected chi connectivity index (χ0v) is 11.8. The van der Waals surface area contributed by atoms with Gasteiger partial charge in [-0.2, -0.15) is 10.4 Å². The van der Waals surface area contributed by atoms with Crippen molar-refractivity contribution in [1.82, 2.24) is 9.78 Å². The van der Waals surface area contributed by atoms with Gasteiger partial charge in [0.05, 0.1) is 17.8 Å². The minimum atomic E-state index is 0.263. The molecule has 3 heteroatoms. The summed E-state index contributed by atoms with van der Waals surface area (Å²) in [5.41, 5.74) is 3.11. The molecule has 1 fully saturated rings. The van der Waals surface area contributed by atoms with Gasteiger partial charge in [-0.15, -0.1) is 0 Å².